The third-order valence-electron chi connectivity index (χ3n) is 4.28. The van der Waals surface area contributed by atoms with Crippen molar-refractivity contribution in [2.45, 2.75) is 12.5 Å². The van der Waals surface area contributed by atoms with Gasteiger partial charge in [-0.15, -0.1) is 0 Å². The molecule has 2 aromatic rings. The van der Waals surface area contributed by atoms with E-state index in [1.807, 2.05) is 54.6 Å². The third-order valence-corrected chi connectivity index (χ3v) is 4.28. The van der Waals surface area contributed by atoms with Gasteiger partial charge in [0.2, 0.25) is 11.8 Å². The van der Waals surface area contributed by atoms with Crippen LogP contribution in [-0.2, 0) is 9.59 Å². The van der Waals surface area contributed by atoms with Gasteiger partial charge in [0.15, 0.2) is 0 Å². The van der Waals surface area contributed by atoms with Gasteiger partial charge >= 0.3 is 0 Å². The molecule has 2 amide bonds. The molecule has 0 bridgehead atoms. The molecule has 5 N–H and O–H groups in total. The van der Waals surface area contributed by atoms with E-state index in [0.717, 1.165) is 22.4 Å². The van der Waals surface area contributed by atoms with E-state index in [0.29, 0.717) is 6.67 Å². The number of hydroxylamine groups is 1. The van der Waals surface area contributed by atoms with Gasteiger partial charge in [-0.2, -0.15) is 0 Å². The molecule has 134 valence electrons. The van der Waals surface area contributed by atoms with Crippen molar-refractivity contribution in [3.8, 4) is 11.1 Å². The van der Waals surface area contributed by atoms with Crippen LogP contribution in [0.1, 0.15) is 12.0 Å². The van der Waals surface area contributed by atoms with Crippen molar-refractivity contribution in [3.05, 3.63) is 66.4 Å². The van der Waals surface area contributed by atoms with E-state index in [2.05, 4.69) is 5.32 Å². The van der Waals surface area contributed by atoms with E-state index in [1.54, 1.807) is 11.1 Å². The highest BCUT2D eigenvalue weighted by Gasteiger charge is 2.28. The van der Waals surface area contributed by atoms with Crippen LogP contribution in [-0.4, -0.2) is 34.6 Å². The molecule has 0 fully saturated rings. The van der Waals surface area contributed by atoms with Crippen LogP contribution in [0.3, 0.4) is 0 Å². The SMILES string of the molecule is NC(=O)C(CC(=O)NO)N1C=C(c2ccc(-c3ccccc3)cc2)NC1. The number of rotatable bonds is 6. The monoisotopic (exact) mass is 352 g/mol. The fourth-order valence-corrected chi connectivity index (χ4v) is 2.89. The van der Waals surface area contributed by atoms with E-state index in [1.165, 1.54) is 5.48 Å². The second-order valence-electron chi connectivity index (χ2n) is 5.99. The van der Waals surface area contributed by atoms with Crippen molar-refractivity contribution in [3.63, 3.8) is 0 Å². The summed E-state index contributed by atoms with van der Waals surface area (Å²) in [5, 5.41) is 11.9. The Kier molecular flexibility index (Phi) is 5.19. The smallest absolute Gasteiger partial charge is 0.245 e. The molecule has 0 aromatic heterocycles. The summed E-state index contributed by atoms with van der Waals surface area (Å²) in [5.41, 5.74) is 11.0. The maximum atomic E-state index is 11.6. The lowest BCUT2D eigenvalue weighted by molar-refractivity contribution is -0.134. The summed E-state index contributed by atoms with van der Waals surface area (Å²) in [6.45, 7) is 0.349. The normalized spacial score (nSPS) is 14.3. The highest BCUT2D eigenvalue weighted by Crippen LogP contribution is 2.24. The molecule has 1 aliphatic heterocycles. The van der Waals surface area contributed by atoms with Crippen LogP contribution in [0.25, 0.3) is 16.8 Å². The van der Waals surface area contributed by atoms with Gasteiger partial charge in [-0.05, 0) is 16.7 Å². The number of nitrogens with zero attached hydrogens (tertiary/aromatic N) is 1. The first-order valence-corrected chi connectivity index (χ1v) is 8.18. The van der Waals surface area contributed by atoms with Crippen molar-refractivity contribution < 1.29 is 14.8 Å². The van der Waals surface area contributed by atoms with Crippen LogP contribution in [0.2, 0.25) is 0 Å². The average Bonchev–Trinajstić information content (AvgIpc) is 3.16. The largest absolute Gasteiger partial charge is 0.368 e. The van der Waals surface area contributed by atoms with Gasteiger partial charge in [-0.25, -0.2) is 5.48 Å². The standard InChI is InChI=1S/C19H20N4O3/c20-19(25)17(10-18(24)22-26)23-11-16(21-12-23)15-8-6-14(7-9-15)13-4-2-1-3-5-13/h1-9,11,17,21,26H,10,12H2,(H2,20,25)(H,22,24). The highest BCUT2D eigenvalue weighted by atomic mass is 16.5. The molecule has 0 aliphatic carbocycles. The number of nitrogens with one attached hydrogen (secondary N) is 2. The minimum absolute atomic E-state index is 0.218. The highest BCUT2D eigenvalue weighted by molar-refractivity contribution is 5.87. The first-order chi connectivity index (χ1) is 12.6. The van der Waals surface area contributed by atoms with Crippen LogP contribution in [0, 0.1) is 0 Å². The van der Waals surface area contributed by atoms with E-state index in [-0.39, 0.29) is 6.42 Å². The zero-order valence-corrected chi connectivity index (χ0v) is 14.1. The molecule has 0 saturated heterocycles. The molecular weight excluding hydrogens is 332 g/mol. The number of benzene rings is 2. The molecule has 1 atom stereocenters. The number of amides is 2. The van der Waals surface area contributed by atoms with E-state index in [4.69, 9.17) is 10.9 Å². The number of nitrogens with two attached hydrogens (primary N) is 1. The summed E-state index contributed by atoms with van der Waals surface area (Å²) < 4.78 is 0. The van der Waals surface area contributed by atoms with Crippen LogP contribution in [0.5, 0.6) is 0 Å². The topological polar surface area (TPSA) is 108 Å². The number of hydrogen-bond donors (Lipinski definition) is 4. The summed E-state index contributed by atoms with van der Waals surface area (Å²) in [6, 6.07) is 17.3. The van der Waals surface area contributed by atoms with Gasteiger partial charge in [-0.3, -0.25) is 14.8 Å². The molecule has 7 heteroatoms. The fourth-order valence-electron chi connectivity index (χ4n) is 2.89. The number of primary amides is 1. The third kappa shape index (κ3) is 3.84. The van der Waals surface area contributed by atoms with Gasteiger partial charge in [0.05, 0.1) is 18.8 Å². The fraction of sp³-hybridized carbons (Fsp3) is 0.158. The molecule has 3 rings (SSSR count). The summed E-state index contributed by atoms with van der Waals surface area (Å²) in [7, 11) is 0. The zero-order chi connectivity index (χ0) is 18.5. The van der Waals surface area contributed by atoms with Crippen molar-refractivity contribution in [2.75, 3.05) is 6.67 Å². The maximum Gasteiger partial charge on any atom is 0.245 e. The first kappa shape index (κ1) is 17.5. The quantitative estimate of drug-likeness (QED) is 0.462. The summed E-state index contributed by atoms with van der Waals surface area (Å²) in [6.07, 6.45) is 1.54. The van der Waals surface area contributed by atoms with Gasteiger partial charge in [0.25, 0.3) is 0 Å². The molecular formula is C19H20N4O3. The van der Waals surface area contributed by atoms with E-state index >= 15 is 0 Å². The van der Waals surface area contributed by atoms with Crippen LogP contribution < -0.4 is 16.5 Å². The zero-order valence-electron chi connectivity index (χ0n) is 14.1. The van der Waals surface area contributed by atoms with Crippen LogP contribution in [0.15, 0.2) is 60.8 Å². The van der Waals surface area contributed by atoms with Gasteiger partial charge in [-0.1, -0.05) is 54.6 Å². The summed E-state index contributed by atoms with van der Waals surface area (Å²) in [5.74, 6) is -1.30. The van der Waals surface area contributed by atoms with Crippen LogP contribution >= 0.6 is 0 Å². The molecule has 2 aromatic carbocycles. The second kappa shape index (κ2) is 7.71. The lowest BCUT2D eigenvalue weighted by Gasteiger charge is -2.23. The Morgan fingerprint density at radius 3 is 2.31 bits per heavy atom. The van der Waals surface area contributed by atoms with Gasteiger partial charge < -0.3 is 16.0 Å². The van der Waals surface area contributed by atoms with Crippen molar-refractivity contribution >= 4 is 17.5 Å². The minimum Gasteiger partial charge on any atom is -0.368 e. The van der Waals surface area contributed by atoms with Crippen molar-refractivity contribution in [1.82, 2.24) is 15.7 Å². The number of carbonyl (C=O) groups excluding carboxylic acids is 2. The van der Waals surface area contributed by atoms with Crippen molar-refractivity contribution in [1.29, 1.82) is 0 Å². The Bertz CT molecular complexity index is 818. The Morgan fingerprint density at radius 2 is 1.69 bits per heavy atom. The van der Waals surface area contributed by atoms with E-state index < -0.39 is 17.9 Å². The Morgan fingerprint density at radius 1 is 1.08 bits per heavy atom. The molecule has 26 heavy (non-hydrogen) atoms. The molecule has 7 nitrogen and oxygen atoms in total. The second-order valence-corrected chi connectivity index (χ2v) is 5.99. The molecule has 1 unspecified atom stereocenters. The predicted octanol–water partition coefficient (Wildman–Crippen LogP) is 1.26. The molecule has 0 radical (unpaired) electrons. The minimum atomic E-state index is -0.837. The van der Waals surface area contributed by atoms with Gasteiger partial charge in [0.1, 0.15) is 6.04 Å². The lowest BCUT2D eigenvalue weighted by atomic mass is 10.0. The average molecular weight is 352 g/mol. The predicted molar refractivity (Wildman–Crippen MR) is 97.2 cm³/mol. The summed E-state index contributed by atoms with van der Waals surface area (Å²) >= 11 is 0. The van der Waals surface area contributed by atoms with Crippen LogP contribution in [0.4, 0.5) is 0 Å². The van der Waals surface area contributed by atoms with E-state index in [9.17, 15) is 9.59 Å². The Balaban J connectivity index is 1.76. The Hall–Kier alpha value is -3.32. The lowest BCUT2D eigenvalue weighted by Crippen LogP contribution is -2.45. The number of hydrogen-bond acceptors (Lipinski definition) is 5. The van der Waals surface area contributed by atoms with Crippen molar-refractivity contribution in [2.24, 2.45) is 5.73 Å². The maximum absolute atomic E-state index is 11.6. The summed E-state index contributed by atoms with van der Waals surface area (Å²) in [4.78, 5) is 24.7. The molecule has 0 spiro atoms. The Labute approximate surface area is 151 Å². The first-order valence-electron chi connectivity index (χ1n) is 8.18. The van der Waals surface area contributed by atoms with Gasteiger partial charge in [0, 0.05) is 6.20 Å². The molecule has 1 aliphatic rings. The number of carbonyl (C=O) groups is 2. The molecule has 1 heterocycles. The molecule has 0 saturated carbocycles.